The summed E-state index contributed by atoms with van der Waals surface area (Å²) in [6.07, 6.45) is 3.54. The summed E-state index contributed by atoms with van der Waals surface area (Å²) >= 11 is 3.38. The summed E-state index contributed by atoms with van der Waals surface area (Å²) in [7, 11) is 0. The molecule has 0 fully saturated rings. The van der Waals surface area contributed by atoms with Crippen molar-refractivity contribution in [2.75, 3.05) is 0 Å². The van der Waals surface area contributed by atoms with Crippen molar-refractivity contribution in [3.05, 3.63) is 108 Å². The molecule has 1 N–H and O–H groups in total. The first-order valence-electron chi connectivity index (χ1n) is 11.8. The molecule has 0 bridgehead atoms. The molecule has 0 saturated heterocycles. The Morgan fingerprint density at radius 2 is 2.03 bits per heavy atom. The van der Waals surface area contributed by atoms with Crippen LogP contribution in [0.4, 0.5) is 5.69 Å². The lowest BCUT2D eigenvalue weighted by Gasteiger charge is -2.11. The number of carbonyl (C=O) groups is 1. The van der Waals surface area contributed by atoms with E-state index < -0.39 is 10.9 Å². The molecule has 0 spiro atoms. The number of non-ortho nitro benzene ring substituents is 1. The van der Waals surface area contributed by atoms with E-state index in [1.165, 1.54) is 41.2 Å². The average molecular weight is 579 g/mol. The number of aromatic nitrogens is 2. The Hall–Kier alpha value is -4.38. The lowest BCUT2D eigenvalue weighted by molar-refractivity contribution is -0.384. The van der Waals surface area contributed by atoms with Gasteiger partial charge >= 0.3 is 5.97 Å². The van der Waals surface area contributed by atoms with E-state index in [0.717, 1.165) is 17.3 Å². The second kappa shape index (κ2) is 11.8. The highest BCUT2D eigenvalue weighted by molar-refractivity contribution is 9.10. The van der Waals surface area contributed by atoms with Crippen LogP contribution in [0.5, 0.6) is 5.75 Å². The lowest BCUT2D eigenvalue weighted by atomic mass is 10.1. The standard InChI is InChI=1S/C27H23BrN4O6/c1-2-3-7-25-30-23-10-8-20(28)14-22(23)26(33)31(25)29-15-19-13-21(32(36)37)9-11-24(19)38-16-17-5-4-6-18(12-17)27(34)35/h4-6,8-15H,2-3,7,16H2,1H3,(H,34,35). The Morgan fingerprint density at radius 3 is 2.76 bits per heavy atom. The highest BCUT2D eigenvalue weighted by atomic mass is 79.9. The molecule has 10 nitrogen and oxygen atoms in total. The molecule has 3 aromatic carbocycles. The van der Waals surface area contributed by atoms with Crippen molar-refractivity contribution < 1.29 is 19.6 Å². The number of ether oxygens (including phenoxy) is 1. The maximum absolute atomic E-state index is 13.3. The van der Waals surface area contributed by atoms with Crippen LogP contribution in [0, 0.1) is 10.1 Å². The number of carboxylic acids is 1. The summed E-state index contributed by atoms with van der Waals surface area (Å²) in [5, 5.41) is 25.4. The van der Waals surface area contributed by atoms with Gasteiger partial charge in [0, 0.05) is 28.6 Å². The van der Waals surface area contributed by atoms with Gasteiger partial charge in [-0.05, 0) is 48.4 Å². The smallest absolute Gasteiger partial charge is 0.335 e. The van der Waals surface area contributed by atoms with Crippen molar-refractivity contribution in [1.82, 2.24) is 9.66 Å². The summed E-state index contributed by atoms with van der Waals surface area (Å²) in [6.45, 7) is 2.05. The molecule has 0 aliphatic rings. The van der Waals surface area contributed by atoms with E-state index in [1.54, 1.807) is 24.3 Å². The Kier molecular flexibility index (Phi) is 8.27. The van der Waals surface area contributed by atoms with Gasteiger partial charge in [-0.3, -0.25) is 14.9 Å². The van der Waals surface area contributed by atoms with Gasteiger partial charge in [0.15, 0.2) is 0 Å². The molecular formula is C27H23BrN4O6. The topological polar surface area (TPSA) is 137 Å². The van der Waals surface area contributed by atoms with Crippen molar-refractivity contribution in [1.29, 1.82) is 0 Å². The van der Waals surface area contributed by atoms with Crippen LogP contribution in [-0.2, 0) is 13.0 Å². The fourth-order valence-electron chi connectivity index (χ4n) is 3.77. The van der Waals surface area contributed by atoms with Crippen LogP contribution in [0.3, 0.4) is 0 Å². The fraction of sp³-hybridized carbons (Fsp3) is 0.185. The number of benzene rings is 3. The minimum atomic E-state index is -1.06. The van der Waals surface area contributed by atoms with Crippen molar-refractivity contribution in [3.63, 3.8) is 0 Å². The molecule has 11 heteroatoms. The largest absolute Gasteiger partial charge is 0.488 e. The number of rotatable bonds is 10. The zero-order valence-electron chi connectivity index (χ0n) is 20.3. The van der Waals surface area contributed by atoms with E-state index in [9.17, 15) is 24.8 Å². The predicted octanol–water partition coefficient (Wildman–Crippen LogP) is 5.57. The zero-order chi connectivity index (χ0) is 27.2. The Bertz CT molecular complexity index is 1620. The molecule has 0 amide bonds. The number of halogens is 1. The number of aromatic carboxylic acids is 1. The molecule has 4 rings (SSSR count). The van der Waals surface area contributed by atoms with Gasteiger partial charge in [-0.25, -0.2) is 9.78 Å². The molecule has 0 aliphatic heterocycles. The zero-order valence-corrected chi connectivity index (χ0v) is 21.9. The first kappa shape index (κ1) is 26.7. The van der Waals surface area contributed by atoms with Gasteiger partial charge in [0.25, 0.3) is 11.2 Å². The lowest BCUT2D eigenvalue weighted by Crippen LogP contribution is -2.22. The highest BCUT2D eigenvalue weighted by Gasteiger charge is 2.14. The molecule has 0 saturated carbocycles. The van der Waals surface area contributed by atoms with E-state index >= 15 is 0 Å². The number of aryl methyl sites for hydroxylation is 1. The third-order valence-corrected chi connectivity index (χ3v) is 6.21. The summed E-state index contributed by atoms with van der Waals surface area (Å²) < 4.78 is 7.81. The third-order valence-electron chi connectivity index (χ3n) is 5.71. The van der Waals surface area contributed by atoms with Gasteiger partial charge in [0.1, 0.15) is 18.2 Å². The van der Waals surface area contributed by atoms with Gasteiger partial charge in [-0.15, -0.1) is 0 Å². The van der Waals surface area contributed by atoms with Gasteiger partial charge in [0.05, 0.1) is 27.6 Å². The predicted molar refractivity (Wildman–Crippen MR) is 146 cm³/mol. The van der Waals surface area contributed by atoms with Crippen molar-refractivity contribution in [3.8, 4) is 5.75 Å². The van der Waals surface area contributed by atoms with Gasteiger partial charge in [0.2, 0.25) is 0 Å². The molecule has 0 radical (unpaired) electrons. The van der Waals surface area contributed by atoms with E-state index in [-0.39, 0.29) is 34.7 Å². The molecule has 0 unspecified atom stereocenters. The van der Waals surface area contributed by atoms with Crippen LogP contribution in [0.15, 0.2) is 75.0 Å². The van der Waals surface area contributed by atoms with Crippen LogP contribution >= 0.6 is 15.9 Å². The average Bonchev–Trinajstić information content (AvgIpc) is 2.91. The second-order valence-corrected chi connectivity index (χ2v) is 9.34. The van der Waals surface area contributed by atoms with Crippen LogP contribution in [0.2, 0.25) is 0 Å². The number of fused-ring (bicyclic) bond motifs is 1. The molecule has 1 aromatic heterocycles. The van der Waals surface area contributed by atoms with E-state index in [0.29, 0.717) is 28.7 Å². The Morgan fingerprint density at radius 1 is 1.21 bits per heavy atom. The Labute approximate surface area is 225 Å². The van der Waals surface area contributed by atoms with Crippen LogP contribution < -0.4 is 10.3 Å². The molecule has 0 aliphatic carbocycles. The monoisotopic (exact) mass is 578 g/mol. The number of nitrogens with zero attached hydrogens (tertiary/aromatic N) is 4. The molecule has 4 aromatic rings. The minimum absolute atomic E-state index is 0.0209. The van der Waals surface area contributed by atoms with Crippen LogP contribution in [0.1, 0.15) is 47.1 Å². The Balaban J connectivity index is 1.74. The molecule has 0 atom stereocenters. The number of nitro groups is 1. The van der Waals surface area contributed by atoms with E-state index in [4.69, 9.17) is 4.74 Å². The first-order valence-corrected chi connectivity index (χ1v) is 12.5. The van der Waals surface area contributed by atoms with E-state index in [2.05, 4.69) is 26.0 Å². The number of carboxylic acid groups (broad SMARTS) is 1. The first-order chi connectivity index (χ1) is 18.3. The van der Waals surface area contributed by atoms with Crippen molar-refractivity contribution in [2.45, 2.75) is 32.8 Å². The van der Waals surface area contributed by atoms with Gasteiger partial charge < -0.3 is 9.84 Å². The summed E-state index contributed by atoms with van der Waals surface area (Å²) in [5.41, 5.74) is 1.01. The molecule has 194 valence electrons. The molecule has 38 heavy (non-hydrogen) atoms. The number of nitro benzene ring substituents is 1. The SMILES string of the molecule is CCCCc1nc2ccc(Br)cc2c(=O)n1N=Cc1cc([N+](=O)[O-])ccc1OCc1cccc(C(=O)O)c1. The van der Waals surface area contributed by atoms with Crippen molar-refractivity contribution in [2.24, 2.45) is 5.10 Å². The summed E-state index contributed by atoms with van der Waals surface area (Å²) in [4.78, 5) is 40.1. The fourth-order valence-corrected chi connectivity index (χ4v) is 4.13. The van der Waals surface area contributed by atoms with Crippen LogP contribution in [-0.4, -0.2) is 31.9 Å². The second-order valence-electron chi connectivity index (χ2n) is 8.43. The quantitative estimate of drug-likeness (QED) is 0.147. The number of hydrogen-bond acceptors (Lipinski definition) is 7. The van der Waals surface area contributed by atoms with Crippen LogP contribution in [0.25, 0.3) is 10.9 Å². The minimum Gasteiger partial charge on any atom is -0.488 e. The molecule has 1 heterocycles. The maximum atomic E-state index is 13.3. The number of hydrogen-bond donors (Lipinski definition) is 1. The number of unbranched alkanes of at least 4 members (excludes halogenated alkanes) is 1. The van der Waals surface area contributed by atoms with Gasteiger partial charge in [-0.2, -0.15) is 9.78 Å². The highest BCUT2D eigenvalue weighted by Crippen LogP contribution is 2.24. The normalized spacial score (nSPS) is 11.2. The summed E-state index contributed by atoms with van der Waals surface area (Å²) in [5.74, 6) is -0.309. The van der Waals surface area contributed by atoms with E-state index in [1.807, 2.05) is 13.0 Å². The molecular weight excluding hydrogens is 556 g/mol. The van der Waals surface area contributed by atoms with Gasteiger partial charge in [-0.1, -0.05) is 41.4 Å². The third kappa shape index (κ3) is 6.12. The summed E-state index contributed by atoms with van der Waals surface area (Å²) in [6, 6.07) is 15.6. The van der Waals surface area contributed by atoms with Crippen molar-refractivity contribution >= 4 is 44.7 Å². The maximum Gasteiger partial charge on any atom is 0.335 e.